The van der Waals surface area contributed by atoms with E-state index < -0.39 is 11.9 Å². The van der Waals surface area contributed by atoms with Gasteiger partial charge in [0.1, 0.15) is 10.4 Å². The maximum Gasteiger partial charge on any atom is 0.349 e. The van der Waals surface area contributed by atoms with Crippen LogP contribution in [0.25, 0.3) is 0 Å². The molecule has 0 saturated carbocycles. The van der Waals surface area contributed by atoms with Gasteiger partial charge in [-0.05, 0) is 0 Å². The first-order valence-corrected chi connectivity index (χ1v) is 5.76. The Kier molecular flexibility index (Phi) is 4.92. The number of methoxy groups -OCH3 is 2. The highest BCUT2D eigenvalue weighted by atomic mass is 32.1. The number of aliphatic imine (C=N–C) groups is 1. The number of esters is 2. The van der Waals surface area contributed by atoms with Crippen LogP contribution in [0.4, 0.5) is 5.69 Å². The zero-order valence-electron chi connectivity index (χ0n) is 9.13. The van der Waals surface area contributed by atoms with Crippen molar-refractivity contribution < 1.29 is 19.1 Å². The Morgan fingerprint density at radius 3 is 2.53 bits per heavy atom. The summed E-state index contributed by atoms with van der Waals surface area (Å²) in [5.41, 5.74) is 0.431. The number of nitrogens with zero attached hydrogens (tertiary/aromatic N) is 1. The van der Waals surface area contributed by atoms with Gasteiger partial charge in [0.25, 0.3) is 0 Å². The predicted octanol–water partition coefficient (Wildman–Crippen LogP) is 2.02. The molecule has 1 aromatic rings. The average molecular weight is 271 g/mol. The molecular weight excluding hydrogens is 262 g/mol. The van der Waals surface area contributed by atoms with Gasteiger partial charge >= 0.3 is 11.9 Å². The monoisotopic (exact) mass is 271 g/mol. The second kappa shape index (κ2) is 6.21. The van der Waals surface area contributed by atoms with Gasteiger partial charge in [-0.3, -0.25) is 4.99 Å². The van der Waals surface area contributed by atoms with Crippen LogP contribution in [0.15, 0.2) is 10.4 Å². The number of carbonyl (C=O) groups is 2. The molecule has 5 nitrogen and oxygen atoms in total. The van der Waals surface area contributed by atoms with E-state index in [9.17, 15) is 9.59 Å². The third-order valence-corrected chi connectivity index (χ3v) is 2.88. The lowest BCUT2D eigenvalue weighted by Gasteiger charge is -2.01. The largest absolute Gasteiger partial charge is 0.465 e. The van der Waals surface area contributed by atoms with Crippen molar-refractivity contribution in [2.75, 3.05) is 14.2 Å². The van der Waals surface area contributed by atoms with Gasteiger partial charge in [0.05, 0.1) is 19.9 Å². The molecule has 90 valence electrons. The minimum Gasteiger partial charge on any atom is -0.465 e. The second-order valence-electron chi connectivity index (χ2n) is 2.72. The zero-order chi connectivity index (χ0) is 12.8. The molecule has 0 atom stereocenters. The second-order valence-corrected chi connectivity index (χ2v) is 3.87. The van der Waals surface area contributed by atoms with Crippen LogP contribution < -0.4 is 0 Å². The van der Waals surface area contributed by atoms with E-state index in [4.69, 9.17) is 0 Å². The summed E-state index contributed by atoms with van der Waals surface area (Å²) < 4.78 is 9.17. The fourth-order valence-electron chi connectivity index (χ4n) is 1.10. The van der Waals surface area contributed by atoms with Crippen molar-refractivity contribution >= 4 is 52.8 Å². The van der Waals surface area contributed by atoms with Crippen molar-refractivity contribution in [1.29, 1.82) is 0 Å². The maximum atomic E-state index is 11.6. The number of hydrogen-bond donors (Lipinski definition) is 0. The Morgan fingerprint density at radius 1 is 1.35 bits per heavy atom. The molecule has 0 amide bonds. The van der Waals surface area contributed by atoms with Crippen LogP contribution in [0.1, 0.15) is 20.0 Å². The Hall–Kier alpha value is -1.60. The first-order chi connectivity index (χ1) is 8.15. The van der Waals surface area contributed by atoms with Gasteiger partial charge < -0.3 is 9.47 Å². The van der Waals surface area contributed by atoms with Gasteiger partial charge in [0.2, 0.25) is 0 Å². The van der Waals surface area contributed by atoms with E-state index in [0.29, 0.717) is 5.69 Å². The number of ether oxygens (including phenoxy) is 2. The zero-order valence-corrected chi connectivity index (χ0v) is 10.8. The van der Waals surface area contributed by atoms with Crippen LogP contribution in [-0.2, 0) is 9.47 Å². The summed E-state index contributed by atoms with van der Waals surface area (Å²) in [4.78, 5) is 27.1. The molecule has 17 heavy (non-hydrogen) atoms. The molecule has 0 radical (unpaired) electrons. The molecule has 0 unspecified atom stereocenters. The van der Waals surface area contributed by atoms with Crippen molar-refractivity contribution in [2.45, 2.75) is 0 Å². The first kappa shape index (κ1) is 13.5. The summed E-state index contributed by atoms with van der Waals surface area (Å²) in [6.45, 7) is 0. The molecular formula is C10H9NO4S2. The number of thiocarbonyl (C=S) groups is 1. The van der Waals surface area contributed by atoms with E-state index >= 15 is 0 Å². The smallest absolute Gasteiger partial charge is 0.349 e. The lowest BCUT2D eigenvalue weighted by Crippen LogP contribution is -2.08. The normalized spacial score (nSPS) is 10.2. The SMILES string of the molecule is COC(=O)c1scc(N=CC=S)c1C(=O)OC. The molecule has 0 saturated heterocycles. The molecule has 7 heteroatoms. The van der Waals surface area contributed by atoms with Crippen molar-refractivity contribution in [3.63, 3.8) is 0 Å². The van der Waals surface area contributed by atoms with Crippen molar-refractivity contribution in [2.24, 2.45) is 4.99 Å². The predicted molar refractivity (Wildman–Crippen MR) is 68.8 cm³/mol. The highest BCUT2D eigenvalue weighted by Gasteiger charge is 2.24. The summed E-state index contributed by atoms with van der Waals surface area (Å²) in [6, 6.07) is 0. The van der Waals surface area contributed by atoms with Gasteiger partial charge in [-0.15, -0.1) is 11.3 Å². The molecule has 0 bridgehead atoms. The lowest BCUT2D eigenvalue weighted by molar-refractivity contribution is 0.0561. The molecule has 0 aliphatic rings. The summed E-state index contributed by atoms with van der Waals surface area (Å²) in [5, 5.41) is 2.87. The van der Waals surface area contributed by atoms with Gasteiger partial charge in [-0.25, -0.2) is 9.59 Å². The van der Waals surface area contributed by atoms with E-state index in [1.54, 1.807) is 5.38 Å². The standard InChI is InChI=1S/C10H9NO4S2/c1-14-9(12)7-6(11-3-4-16)5-17-8(7)10(13)15-2/h3-5H,1-2H3. The van der Waals surface area contributed by atoms with E-state index in [1.165, 1.54) is 25.8 Å². The van der Waals surface area contributed by atoms with Crippen LogP contribution >= 0.6 is 23.6 Å². The quantitative estimate of drug-likeness (QED) is 0.476. The Bertz CT molecular complexity index is 479. The van der Waals surface area contributed by atoms with Gasteiger partial charge in [0, 0.05) is 17.0 Å². The third kappa shape index (κ3) is 2.95. The van der Waals surface area contributed by atoms with Gasteiger partial charge in [-0.1, -0.05) is 12.2 Å². The lowest BCUT2D eigenvalue weighted by atomic mass is 10.2. The van der Waals surface area contributed by atoms with Crippen molar-refractivity contribution in [1.82, 2.24) is 0 Å². The molecule has 0 aromatic carbocycles. The Balaban J connectivity index is 3.29. The minimum atomic E-state index is -0.636. The fourth-order valence-corrected chi connectivity index (χ4v) is 2.05. The average Bonchev–Trinajstić information content (AvgIpc) is 2.78. The molecule has 1 heterocycles. The van der Waals surface area contributed by atoms with Crippen LogP contribution in [0, 0.1) is 0 Å². The molecule has 1 rings (SSSR count). The Labute approximate surface area is 107 Å². The van der Waals surface area contributed by atoms with Gasteiger partial charge in [0.15, 0.2) is 0 Å². The number of carbonyl (C=O) groups excluding carboxylic acids is 2. The molecule has 0 aliphatic heterocycles. The fraction of sp³-hybridized carbons (Fsp3) is 0.200. The molecule has 0 spiro atoms. The Morgan fingerprint density at radius 2 is 2.00 bits per heavy atom. The molecule has 0 fully saturated rings. The van der Waals surface area contributed by atoms with Crippen LogP contribution in [0.2, 0.25) is 0 Å². The maximum absolute atomic E-state index is 11.6. The number of rotatable bonds is 4. The number of hydrogen-bond acceptors (Lipinski definition) is 7. The summed E-state index contributed by atoms with van der Waals surface area (Å²) in [7, 11) is 2.47. The van der Waals surface area contributed by atoms with E-state index in [-0.39, 0.29) is 10.4 Å². The van der Waals surface area contributed by atoms with Gasteiger partial charge in [-0.2, -0.15) is 0 Å². The van der Waals surface area contributed by atoms with E-state index in [0.717, 1.165) is 11.3 Å². The molecule has 1 aromatic heterocycles. The minimum absolute atomic E-state index is 0.0949. The van der Waals surface area contributed by atoms with Crippen LogP contribution in [0.5, 0.6) is 0 Å². The summed E-state index contributed by atoms with van der Waals surface area (Å²) in [6.07, 6.45) is 1.35. The van der Waals surface area contributed by atoms with Crippen molar-refractivity contribution in [3.8, 4) is 0 Å². The van der Waals surface area contributed by atoms with Crippen molar-refractivity contribution in [3.05, 3.63) is 15.8 Å². The third-order valence-electron chi connectivity index (χ3n) is 1.81. The van der Waals surface area contributed by atoms with Crippen LogP contribution in [0.3, 0.4) is 0 Å². The highest BCUT2D eigenvalue weighted by Crippen LogP contribution is 2.30. The van der Waals surface area contributed by atoms with E-state index in [2.05, 4.69) is 26.7 Å². The molecule has 0 N–H and O–H groups in total. The summed E-state index contributed by atoms with van der Waals surface area (Å²) in [5.74, 6) is -1.23. The summed E-state index contributed by atoms with van der Waals surface area (Å²) >= 11 is 5.66. The first-order valence-electron chi connectivity index (χ1n) is 4.41. The highest BCUT2D eigenvalue weighted by molar-refractivity contribution is 7.80. The molecule has 0 aliphatic carbocycles. The number of thiophene rings is 1. The van der Waals surface area contributed by atoms with Crippen LogP contribution in [-0.4, -0.2) is 37.7 Å². The topological polar surface area (TPSA) is 65.0 Å². The van der Waals surface area contributed by atoms with E-state index in [1.807, 2.05) is 0 Å².